The normalized spacial score (nSPS) is 40.1. The minimum Gasteiger partial charge on any atom is -0.478 e. The van der Waals surface area contributed by atoms with Gasteiger partial charge in [0.25, 0.3) is 0 Å². The van der Waals surface area contributed by atoms with E-state index in [1.165, 1.54) is 0 Å². The fourth-order valence-electron chi connectivity index (χ4n) is 3.82. The minimum atomic E-state index is -0.884. The fourth-order valence-corrected chi connectivity index (χ4v) is 3.82. The maximum Gasteiger partial charge on any atom is 0.331 e. The Bertz CT molecular complexity index is 399. The molecule has 3 nitrogen and oxygen atoms in total. The van der Waals surface area contributed by atoms with Crippen molar-refractivity contribution in [1.29, 1.82) is 0 Å². The molecule has 2 rings (SSSR count). The molecule has 0 saturated heterocycles. The van der Waals surface area contributed by atoms with Gasteiger partial charge < -0.3 is 10.2 Å². The first-order valence-corrected chi connectivity index (χ1v) is 6.61. The number of fused-ring (bicyclic) bond motifs is 1. The quantitative estimate of drug-likeness (QED) is 0.585. The highest BCUT2D eigenvalue weighted by atomic mass is 16.4. The van der Waals surface area contributed by atoms with Crippen LogP contribution in [-0.2, 0) is 4.79 Å². The molecule has 18 heavy (non-hydrogen) atoms. The molecular weight excluding hydrogens is 228 g/mol. The summed E-state index contributed by atoms with van der Waals surface area (Å²) in [7, 11) is 0. The van der Waals surface area contributed by atoms with Gasteiger partial charge >= 0.3 is 5.97 Å². The van der Waals surface area contributed by atoms with Crippen molar-refractivity contribution in [2.24, 2.45) is 17.3 Å². The van der Waals surface area contributed by atoms with Crippen molar-refractivity contribution in [3.63, 3.8) is 0 Å². The summed E-state index contributed by atoms with van der Waals surface area (Å²) >= 11 is 0. The molecule has 2 aliphatic rings. The van der Waals surface area contributed by atoms with E-state index in [0.717, 1.165) is 31.3 Å². The van der Waals surface area contributed by atoms with Crippen LogP contribution in [0.2, 0.25) is 0 Å². The largest absolute Gasteiger partial charge is 0.478 e. The number of aliphatic carboxylic acids is 1. The first kappa shape index (κ1) is 13.3. The SMILES string of the molecule is C=C(C(=O)O)[C@H]1CC[C@@]2(C)C[C@@H](O)CC(=C)[C@H]2C1. The average molecular weight is 250 g/mol. The molecule has 0 aromatic carbocycles. The highest BCUT2D eigenvalue weighted by molar-refractivity contribution is 5.86. The van der Waals surface area contributed by atoms with Crippen molar-refractivity contribution in [2.45, 2.75) is 45.1 Å². The highest BCUT2D eigenvalue weighted by Crippen LogP contribution is 2.54. The third-order valence-electron chi connectivity index (χ3n) is 4.89. The van der Waals surface area contributed by atoms with Crippen molar-refractivity contribution in [3.8, 4) is 0 Å². The zero-order chi connectivity index (χ0) is 13.5. The van der Waals surface area contributed by atoms with E-state index in [9.17, 15) is 9.90 Å². The Kier molecular flexibility index (Phi) is 3.37. The summed E-state index contributed by atoms with van der Waals surface area (Å²) in [5.74, 6) is -0.492. The Labute approximate surface area is 108 Å². The smallest absolute Gasteiger partial charge is 0.331 e. The molecule has 0 unspecified atom stereocenters. The van der Waals surface area contributed by atoms with Crippen LogP contribution in [0.5, 0.6) is 0 Å². The Balaban J connectivity index is 2.16. The van der Waals surface area contributed by atoms with Crippen LogP contribution in [-0.4, -0.2) is 22.3 Å². The van der Waals surface area contributed by atoms with E-state index in [-0.39, 0.29) is 17.4 Å². The number of carbonyl (C=O) groups is 1. The Hall–Kier alpha value is -1.09. The minimum absolute atomic E-state index is 0.0626. The van der Waals surface area contributed by atoms with Crippen LogP contribution in [0.15, 0.2) is 24.3 Å². The van der Waals surface area contributed by atoms with Gasteiger partial charge in [-0.25, -0.2) is 4.79 Å². The van der Waals surface area contributed by atoms with Gasteiger partial charge in [0.15, 0.2) is 0 Å². The van der Waals surface area contributed by atoms with Gasteiger partial charge in [-0.3, -0.25) is 0 Å². The van der Waals surface area contributed by atoms with E-state index in [1.54, 1.807) is 0 Å². The lowest BCUT2D eigenvalue weighted by molar-refractivity contribution is -0.133. The molecule has 100 valence electrons. The molecule has 0 aromatic heterocycles. The van der Waals surface area contributed by atoms with Gasteiger partial charge in [0.1, 0.15) is 0 Å². The molecule has 3 heteroatoms. The van der Waals surface area contributed by atoms with Gasteiger partial charge in [0, 0.05) is 5.57 Å². The second-order valence-electron chi connectivity index (χ2n) is 6.23. The summed E-state index contributed by atoms with van der Waals surface area (Å²) in [6, 6.07) is 0. The second-order valence-corrected chi connectivity index (χ2v) is 6.23. The summed E-state index contributed by atoms with van der Waals surface area (Å²) < 4.78 is 0. The number of rotatable bonds is 2. The molecular formula is C15H22O3. The maximum atomic E-state index is 11.0. The molecule has 2 aliphatic carbocycles. The van der Waals surface area contributed by atoms with Crippen LogP contribution in [0, 0.1) is 17.3 Å². The van der Waals surface area contributed by atoms with Crippen LogP contribution < -0.4 is 0 Å². The lowest BCUT2D eigenvalue weighted by Gasteiger charge is -2.50. The van der Waals surface area contributed by atoms with Gasteiger partial charge in [-0.2, -0.15) is 0 Å². The van der Waals surface area contributed by atoms with Crippen LogP contribution in [0.1, 0.15) is 39.0 Å². The molecule has 0 radical (unpaired) electrons. The van der Waals surface area contributed by atoms with E-state index in [4.69, 9.17) is 5.11 Å². The molecule has 0 aromatic rings. The number of hydrogen-bond donors (Lipinski definition) is 2. The lowest BCUT2D eigenvalue weighted by atomic mass is 9.55. The van der Waals surface area contributed by atoms with Crippen molar-refractivity contribution in [1.82, 2.24) is 0 Å². The molecule has 0 heterocycles. The lowest BCUT2D eigenvalue weighted by Crippen LogP contribution is -2.43. The Morgan fingerprint density at radius 1 is 1.50 bits per heavy atom. The number of aliphatic hydroxyl groups is 1. The standard InChI is InChI=1S/C15H22O3/c1-9-6-12(16)8-15(3)5-4-11(7-13(9)15)10(2)14(17)18/h11-13,16H,1-2,4-8H2,3H3,(H,17,18)/t11-,12-,13+,15-/m0/s1. The van der Waals surface area contributed by atoms with Gasteiger partial charge in [-0.1, -0.05) is 25.7 Å². The number of carboxylic acids is 1. The molecule has 0 amide bonds. The van der Waals surface area contributed by atoms with Crippen LogP contribution >= 0.6 is 0 Å². The topological polar surface area (TPSA) is 57.5 Å². The zero-order valence-electron chi connectivity index (χ0n) is 11.0. The van der Waals surface area contributed by atoms with E-state index in [2.05, 4.69) is 20.1 Å². The second kappa shape index (κ2) is 4.54. The Morgan fingerprint density at radius 2 is 2.17 bits per heavy atom. The number of carboxylic acid groups (broad SMARTS) is 1. The third kappa shape index (κ3) is 2.24. The third-order valence-corrected chi connectivity index (χ3v) is 4.89. The maximum absolute atomic E-state index is 11.0. The van der Waals surface area contributed by atoms with Crippen LogP contribution in [0.4, 0.5) is 0 Å². The summed E-state index contributed by atoms with van der Waals surface area (Å²) in [5, 5.41) is 18.9. The molecule has 0 spiro atoms. The predicted octanol–water partition coefficient (Wildman–Crippen LogP) is 2.76. The van der Waals surface area contributed by atoms with Crippen LogP contribution in [0.25, 0.3) is 0 Å². The predicted molar refractivity (Wildman–Crippen MR) is 70.1 cm³/mol. The van der Waals surface area contributed by atoms with E-state index < -0.39 is 5.97 Å². The van der Waals surface area contributed by atoms with Crippen molar-refractivity contribution in [2.75, 3.05) is 0 Å². The van der Waals surface area contributed by atoms with Gasteiger partial charge in [0.2, 0.25) is 0 Å². The number of hydrogen-bond acceptors (Lipinski definition) is 2. The fraction of sp³-hybridized carbons (Fsp3) is 0.667. The highest BCUT2D eigenvalue weighted by Gasteiger charge is 2.46. The first-order chi connectivity index (χ1) is 8.33. The summed E-state index contributed by atoms with van der Waals surface area (Å²) in [6.45, 7) is 9.99. The first-order valence-electron chi connectivity index (χ1n) is 6.61. The average Bonchev–Trinajstić information content (AvgIpc) is 2.26. The summed E-state index contributed by atoms with van der Waals surface area (Å²) in [5.41, 5.74) is 1.50. The van der Waals surface area contributed by atoms with E-state index >= 15 is 0 Å². The molecule has 2 fully saturated rings. The van der Waals surface area contributed by atoms with Gasteiger partial charge in [-0.05, 0) is 49.4 Å². The van der Waals surface area contributed by atoms with Crippen LogP contribution in [0.3, 0.4) is 0 Å². The van der Waals surface area contributed by atoms with Crippen molar-refractivity contribution < 1.29 is 15.0 Å². The van der Waals surface area contributed by atoms with Gasteiger partial charge in [0.05, 0.1) is 6.10 Å². The molecule has 0 bridgehead atoms. The zero-order valence-corrected chi connectivity index (χ0v) is 11.0. The van der Waals surface area contributed by atoms with E-state index in [0.29, 0.717) is 17.9 Å². The monoisotopic (exact) mass is 250 g/mol. The van der Waals surface area contributed by atoms with Gasteiger partial charge in [-0.15, -0.1) is 0 Å². The number of aliphatic hydroxyl groups excluding tert-OH is 1. The molecule has 4 atom stereocenters. The Morgan fingerprint density at radius 3 is 2.78 bits per heavy atom. The van der Waals surface area contributed by atoms with Crippen molar-refractivity contribution in [3.05, 3.63) is 24.3 Å². The van der Waals surface area contributed by atoms with E-state index in [1.807, 2.05) is 0 Å². The summed E-state index contributed by atoms with van der Waals surface area (Å²) in [6.07, 6.45) is 3.82. The van der Waals surface area contributed by atoms with Crippen molar-refractivity contribution >= 4 is 5.97 Å². The molecule has 2 N–H and O–H groups in total. The summed E-state index contributed by atoms with van der Waals surface area (Å²) in [4.78, 5) is 11.0. The molecule has 2 saturated carbocycles. The molecule has 0 aliphatic heterocycles.